The lowest BCUT2D eigenvalue weighted by molar-refractivity contribution is -0.125. The molecular weight excluding hydrogens is 363 g/mol. The van der Waals surface area contributed by atoms with Gasteiger partial charge in [-0.25, -0.2) is 4.79 Å². The summed E-state index contributed by atoms with van der Waals surface area (Å²) < 4.78 is 0. The van der Waals surface area contributed by atoms with Crippen molar-refractivity contribution in [2.24, 2.45) is 0 Å². The number of carbonyl (C=O) groups is 2. The highest BCUT2D eigenvalue weighted by Crippen LogP contribution is 2.34. The number of hydrogen-bond donors (Lipinski definition) is 2. The van der Waals surface area contributed by atoms with Gasteiger partial charge in [0.15, 0.2) is 0 Å². The summed E-state index contributed by atoms with van der Waals surface area (Å²) in [5.74, 6) is -0.0580. The molecule has 134 valence electrons. The van der Waals surface area contributed by atoms with Crippen LogP contribution in [-0.4, -0.2) is 55.5 Å². The Morgan fingerprint density at radius 1 is 1.24 bits per heavy atom. The van der Waals surface area contributed by atoms with Crippen LogP contribution in [0.5, 0.6) is 0 Å². The van der Waals surface area contributed by atoms with Crippen molar-refractivity contribution in [1.29, 1.82) is 0 Å². The molecule has 1 aromatic carbocycles. The molecule has 2 N–H and O–H groups in total. The van der Waals surface area contributed by atoms with Gasteiger partial charge in [0.2, 0.25) is 0 Å². The minimum atomic E-state index is -0.523. The Bertz CT molecular complexity index is 748. The minimum Gasteiger partial charge on any atom is -0.333 e. The first-order chi connectivity index (χ1) is 11.9. The summed E-state index contributed by atoms with van der Waals surface area (Å²) in [6, 6.07) is 4.29. The van der Waals surface area contributed by atoms with Crippen LogP contribution in [-0.2, 0) is 4.79 Å². The van der Waals surface area contributed by atoms with E-state index in [-0.39, 0.29) is 11.9 Å². The van der Waals surface area contributed by atoms with Gasteiger partial charge in [-0.2, -0.15) is 0 Å². The number of carbonyl (C=O) groups excluding carboxylic acids is 2. The zero-order valence-electron chi connectivity index (χ0n) is 14.1. The van der Waals surface area contributed by atoms with Crippen LogP contribution in [0.25, 0.3) is 0 Å². The van der Waals surface area contributed by atoms with Gasteiger partial charge in [0.05, 0.1) is 33.9 Å². The molecule has 0 spiro atoms. The number of hydrogen-bond acceptors (Lipinski definition) is 3. The van der Waals surface area contributed by atoms with E-state index < -0.39 is 6.04 Å². The number of urea groups is 1. The third-order valence-corrected chi connectivity index (χ3v) is 5.07. The predicted molar refractivity (Wildman–Crippen MR) is 97.6 cm³/mol. The molecule has 0 saturated carbocycles. The summed E-state index contributed by atoms with van der Waals surface area (Å²) in [4.78, 5) is 28.7. The normalized spacial score (nSPS) is 20.0. The smallest absolute Gasteiger partial charge is 0.319 e. The fourth-order valence-electron chi connectivity index (χ4n) is 3.13. The Balaban J connectivity index is 1.83. The Morgan fingerprint density at radius 2 is 2.00 bits per heavy atom. The molecule has 0 saturated heterocycles. The second-order valence-corrected chi connectivity index (χ2v) is 7.30. The molecule has 3 amide bonds. The van der Waals surface area contributed by atoms with Crippen LogP contribution in [0.4, 0.5) is 4.79 Å². The summed E-state index contributed by atoms with van der Waals surface area (Å²) in [7, 11) is 4.00. The first kappa shape index (κ1) is 18.0. The van der Waals surface area contributed by atoms with E-state index in [1.54, 1.807) is 23.1 Å². The maximum Gasteiger partial charge on any atom is 0.319 e. The Labute approximate surface area is 156 Å². The summed E-state index contributed by atoms with van der Waals surface area (Å²) in [6.07, 6.45) is 0.873. The Hall–Kier alpha value is -1.76. The summed E-state index contributed by atoms with van der Waals surface area (Å²) in [5.41, 5.74) is 1.97. The molecule has 2 heterocycles. The van der Waals surface area contributed by atoms with Gasteiger partial charge >= 0.3 is 6.03 Å². The van der Waals surface area contributed by atoms with E-state index in [0.29, 0.717) is 34.4 Å². The van der Waals surface area contributed by atoms with E-state index in [9.17, 15) is 9.59 Å². The highest BCUT2D eigenvalue weighted by Gasteiger charge is 2.40. The van der Waals surface area contributed by atoms with Crippen LogP contribution in [0, 0.1) is 0 Å². The standard InChI is InChI=1S/C17H20Cl2N4O2/c1-22(2)6-3-7-23-9-13-14(16(23)24)15(21-17(25)20-13)10-4-5-11(18)12(19)8-10/h4-5,8,15H,3,6-7,9H2,1-2H3,(H2,20,21,25). The van der Waals surface area contributed by atoms with E-state index >= 15 is 0 Å². The fraction of sp³-hybridized carbons (Fsp3) is 0.412. The third-order valence-electron chi connectivity index (χ3n) is 4.33. The van der Waals surface area contributed by atoms with Gasteiger partial charge in [-0.3, -0.25) is 4.79 Å². The molecule has 0 fully saturated rings. The molecule has 25 heavy (non-hydrogen) atoms. The van der Waals surface area contributed by atoms with Crippen LogP contribution < -0.4 is 10.6 Å². The second-order valence-electron chi connectivity index (χ2n) is 6.48. The van der Waals surface area contributed by atoms with Crippen LogP contribution in [0.2, 0.25) is 10.0 Å². The van der Waals surface area contributed by atoms with Gasteiger partial charge in [0.1, 0.15) is 0 Å². The lowest BCUT2D eigenvalue weighted by Gasteiger charge is -2.25. The Kier molecular flexibility index (Phi) is 5.22. The Morgan fingerprint density at radius 3 is 2.68 bits per heavy atom. The van der Waals surface area contributed by atoms with Crippen molar-refractivity contribution >= 4 is 35.1 Å². The van der Waals surface area contributed by atoms with Crippen molar-refractivity contribution in [3.8, 4) is 0 Å². The van der Waals surface area contributed by atoms with Crippen LogP contribution in [0.3, 0.4) is 0 Å². The minimum absolute atomic E-state index is 0.0580. The zero-order valence-corrected chi connectivity index (χ0v) is 15.6. The number of amides is 3. The molecule has 0 aliphatic carbocycles. The number of rotatable bonds is 5. The molecule has 1 aromatic rings. The van der Waals surface area contributed by atoms with Gasteiger partial charge in [-0.1, -0.05) is 29.3 Å². The largest absolute Gasteiger partial charge is 0.333 e. The summed E-state index contributed by atoms with van der Waals surface area (Å²) in [6.45, 7) is 1.97. The van der Waals surface area contributed by atoms with Gasteiger partial charge in [-0.05, 0) is 44.8 Å². The van der Waals surface area contributed by atoms with Crippen molar-refractivity contribution in [1.82, 2.24) is 20.4 Å². The molecule has 2 aliphatic heterocycles. The third kappa shape index (κ3) is 3.76. The van der Waals surface area contributed by atoms with E-state index in [2.05, 4.69) is 15.5 Å². The molecule has 2 aliphatic rings. The first-order valence-electron chi connectivity index (χ1n) is 8.06. The summed E-state index contributed by atoms with van der Waals surface area (Å²) in [5, 5.41) is 6.40. The van der Waals surface area contributed by atoms with Crippen molar-refractivity contribution in [3.05, 3.63) is 45.1 Å². The number of nitrogens with one attached hydrogen (secondary N) is 2. The maximum absolute atomic E-state index is 12.9. The number of halogens is 2. The SMILES string of the molecule is CN(C)CCCN1CC2=C(C1=O)C(c1ccc(Cl)c(Cl)c1)NC(=O)N2. The van der Waals surface area contributed by atoms with Crippen molar-refractivity contribution in [3.63, 3.8) is 0 Å². The first-order valence-corrected chi connectivity index (χ1v) is 8.82. The molecule has 0 radical (unpaired) electrons. The van der Waals surface area contributed by atoms with Gasteiger partial charge in [0, 0.05) is 6.54 Å². The van der Waals surface area contributed by atoms with Crippen LogP contribution >= 0.6 is 23.2 Å². The molecule has 1 atom stereocenters. The van der Waals surface area contributed by atoms with E-state index in [1.165, 1.54) is 0 Å². The monoisotopic (exact) mass is 382 g/mol. The molecule has 0 bridgehead atoms. The molecule has 1 unspecified atom stereocenters. The van der Waals surface area contributed by atoms with E-state index in [1.807, 2.05) is 14.1 Å². The zero-order chi connectivity index (χ0) is 18.1. The van der Waals surface area contributed by atoms with Gasteiger partial charge < -0.3 is 20.4 Å². The predicted octanol–water partition coefficient (Wildman–Crippen LogP) is 2.40. The molecule has 0 aromatic heterocycles. The maximum atomic E-state index is 12.9. The number of benzene rings is 1. The molecule has 3 rings (SSSR count). The summed E-state index contributed by atoms with van der Waals surface area (Å²) >= 11 is 12.1. The number of nitrogens with zero attached hydrogens (tertiary/aromatic N) is 2. The van der Waals surface area contributed by atoms with Crippen molar-refractivity contribution in [2.45, 2.75) is 12.5 Å². The van der Waals surface area contributed by atoms with Crippen molar-refractivity contribution < 1.29 is 9.59 Å². The molecular formula is C17H20Cl2N4O2. The lowest BCUT2D eigenvalue weighted by atomic mass is 9.96. The van der Waals surface area contributed by atoms with Crippen molar-refractivity contribution in [2.75, 3.05) is 33.7 Å². The second kappa shape index (κ2) is 7.23. The highest BCUT2D eigenvalue weighted by molar-refractivity contribution is 6.42. The average molecular weight is 383 g/mol. The van der Waals surface area contributed by atoms with Gasteiger partial charge in [0.25, 0.3) is 5.91 Å². The fourth-order valence-corrected chi connectivity index (χ4v) is 3.44. The molecule has 6 nitrogen and oxygen atoms in total. The lowest BCUT2D eigenvalue weighted by Crippen LogP contribution is -2.44. The van der Waals surface area contributed by atoms with E-state index in [4.69, 9.17) is 23.2 Å². The van der Waals surface area contributed by atoms with Crippen LogP contribution in [0.15, 0.2) is 29.5 Å². The van der Waals surface area contributed by atoms with Gasteiger partial charge in [-0.15, -0.1) is 0 Å². The van der Waals surface area contributed by atoms with E-state index in [0.717, 1.165) is 18.5 Å². The topological polar surface area (TPSA) is 64.7 Å². The quantitative estimate of drug-likeness (QED) is 0.821. The molecule has 8 heteroatoms. The van der Waals surface area contributed by atoms with Crippen LogP contribution in [0.1, 0.15) is 18.0 Å². The highest BCUT2D eigenvalue weighted by atomic mass is 35.5. The average Bonchev–Trinajstić information content (AvgIpc) is 2.85.